The van der Waals surface area contributed by atoms with Gasteiger partial charge in [-0.3, -0.25) is 4.79 Å². The molecule has 3 rings (SSSR count). The normalized spacial score (nSPS) is 20.3. The average Bonchev–Trinajstić information content (AvgIpc) is 2.67. The summed E-state index contributed by atoms with van der Waals surface area (Å²) in [4.78, 5) is 14.4. The SMILES string of the molecule is O=C(CNC1CCOCC1)N1CCC(C=Cc2ccc(Cl)cc2)CC1. The summed E-state index contributed by atoms with van der Waals surface area (Å²) in [6.07, 6.45) is 8.51. The highest BCUT2D eigenvalue weighted by Crippen LogP contribution is 2.20. The number of piperidine rings is 1. The third-order valence-electron chi connectivity index (χ3n) is 5.09. The molecule has 0 bridgehead atoms. The molecule has 2 aliphatic rings. The standard InChI is InChI=1S/C20H27ClN2O2/c21-18-5-3-16(4-6-18)1-2-17-7-11-23(12-8-17)20(24)15-22-19-9-13-25-14-10-19/h1-6,17,19,22H,7-15H2. The minimum atomic E-state index is 0.228. The molecule has 1 N–H and O–H groups in total. The maximum Gasteiger partial charge on any atom is 0.236 e. The Labute approximate surface area is 155 Å². The maximum absolute atomic E-state index is 12.4. The number of amides is 1. The number of allylic oxidation sites excluding steroid dienone is 1. The van der Waals surface area contributed by atoms with Gasteiger partial charge >= 0.3 is 0 Å². The van der Waals surface area contributed by atoms with E-state index in [0.29, 0.717) is 18.5 Å². The molecule has 2 aliphatic heterocycles. The van der Waals surface area contributed by atoms with Crippen molar-refractivity contribution in [3.05, 3.63) is 40.9 Å². The Morgan fingerprint density at radius 3 is 2.52 bits per heavy atom. The Morgan fingerprint density at radius 2 is 1.84 bits per heavy atom. The van der Waals surface area contributed by atoms with E-state index < -0.39 is 0 Å². The first-order valence-corrected chi connectivity index (χ1v) is 9.61. The smallest absolute Gasteiger partial charge is 0.236 e. The van der Waals surface area contributed by atoms with Crippen LogP contribution in [-0.4, -0.2) is 49.7 Å². The first-order valence-electron chi connectivity index (χ1n) is 9.23. The number of hydrogen-bond acceptors (Lipinski definition) is 3. The van der Waals surface area contributed by atoms with Gasteiger partial charge in [-0.2, -0.15) is 0 Å². The zero-order valence-electron chi connectivity index (χ0n) is 14.6. The Kier molecular flexibility index (Phi) is 6.91. The number of nitrogens with zero attached hydrogens (tertiary/aromatic N) is 1. The molecule has 1 amide bonds. The highest BCUT2D eigenvalue weighted by molar-refractivity contribution is 6.30. The predicted octanol–water partition coefficient (Wildman–Crippen LogP) is 3.36. The molecular weight excluding hydrogens is 336 g/mol. The Bertz CT molecular complexity index is 574. The van der Waals surface area contributed by atoms with Crippen LogP contribution in [0.1, 0.15) is 31.2 Å². The molecule has 0 unspecified atom stereocenters. The lowest BCUT2D eigenvalue weighted by Crippen LogP contribution is -2.45. The minimum Gasteiger partial charge on any atom is -0.381 e. The molecule has 0 radical (unpaired) electrons. The van der Waals surface area contributed by atoms with Gasteiger partial charge in [-0.05, 0) is 49.3 Å². The molecule has 0 aromatic heterocycles. The predicted molar refractivity (Wildman–Crippen MR) is 102 cm³/mol. The van der Waals surface area contributed by atoms with Gasteiger partial charge in [0, 0.05) is 37.4 Å². The molecule has 1 aromatic carbocycles. The number of carbonyl (C=O) groups is 1. The second-order valence-electron chi connectivity index (χ2n) is 6.90. The molecule has 4 nitrogen and oxygen atoms in total. The van der Waals surface area contributed by atoms with E-state index in [2.05, 4.69) is 17.5 Å². The zero-order valence-corrected chi connectivity index (χ0v) is 15.4. The van der Waals surface area contributed by atoms with Crippen LogP contribution in [0.3, 0.4) is 0 Å². The monoisotopic (exact) mass is 362 g/mol. The summed E-state index contributed by atoms with van der Waals surface area (Å²) in [5.74, 6) is 0.773. The van der Waals surface area contributed by atoms with Crippen molar-refractivity contribution in [2.24, 2.45) is 5.92 Å². The number of halogens is 1. The van der Waals surface area contributed by atoms with Crippen molar-refractivity contribution in [1.29, 1.82) is 0 Å². The summed E-state index contributed by atoms with van der Waals surface area (Å²) in [5.41, 5.74) is 1.17. The highest BCUT2D eigenvalue weighted by atomic mass is 35.5. The van der Waals surface area contributed by atoms with Crippen LogP contribution in [0.25, 0.3) is 6.08 Å². The third-order valence-corrected chi connectivity index (χ3v) is 5.34. The van der Waals surface area contributed by atoms with Gasteiger partial charge in [-0.25, -0.2) is 0 Å². The quantitative estimate of drug-likeness (QED) is 0.873. The van der Waals surface area contributed by atoms with Crippen molar-refractivity contribution in [3.63, 3.8) is 0 Å². The van der Waals surface area contributed by atoms with Crippen LogP contribution in [-0.2, 0) is 9.53 Å². The fourth-order valence-corrected chi connectivity index (χ4v) is 3.53. The Hall–Kier alpha value is -1.36. The van der Waals surface area contributed by atoms with Crippen molar-refractivity contribution in [1.82, 2.24) is 10.2 Å². The van der Waals surface area contributed by atoms with Gasteiger partial charge in [0.05, 0.1) is 6.54 Å². The van der Waals surface area contributed by atoms with E-state index in [1.54, 1.807) is 0 Å². The lowest BCUT2D eigenvalue weighted by atomic mass is 9.95. The van der Waals surface area contributed by atoms with E-state index in [1.807, 2.05) is 29.2 Å². The number of ether oxygens (including phenoxy) is 1. The largest absolute Gasteiger partial charge is 0.381 e. The first-order chi connectivity index (χ1) is 12.2. The molecule has 0 spiro atoms. The van der Waals surface area contributed by atoms with Crippen LogP contribution < -0.4 is 5.32 Å². The highest BCUT2D eigenvalue weighted by Gasteiger charge is 2.22. The molecule has 0 saturated carbocycles. The van der Waals surface area contributed by atoms with Crippen LogP contribution in [0.2, 0.25) is 5.02 Å². The van der Waals surface area contributed by atoms with E-state index in [-0.39, 0.29) is 5.91 Å². The molecule has 5 heteroatoms. The Morgan fingerprint density at radius 1 is 1.16 bits per heavy atom. The van der Waals surface area contributed by atoms with E-state index in [1.165, 1.54) is 5.56 Å². The number of hydrogen-bond donors (Lipinski definition) is 1. The van der Waals surface area contributed by atoms with Crippen molar-refractivity contribution in [2.45, 2.75) is 31.7 Å². The van der Waals surface area contributed by atoms with Crippen molar-refractivity contribution < 1.29 is 9.53 Å². The molecule has 0 atom stereocenters. The number of benzene rings is 1. The van der Waals surface area contributed by atoms with Crippen molar-refractivity contribution in [3.8, 4) is 0 Å². The number of nitrogens with one attached hydrogen (secondary N) is 1. The summed E-state index contributed by atoms with van der Waals surface area (Å²) in [5, 5.41) is 4.15. The second kappa shape index (κ2) is 9.37. The van der Waals surface area contributed by atoms with Crippen LogP contribution in [0.4, 0.5) is 0 Å². The number of carbonyl (C=O) groups excluding carboxylic acids is 1. The first kappa shape index (κ1) is 18.4. The van der Waals surface area contributed by atoms with Crippen molar-refractivity contribution in [2.75, 3.05) is 32.8 Å². The fourth-order valence-electron chi connectivity index (χ4n) is 3.41. The van der Waals surface area contributed by atoms with Gasteiger partial charge in [0.25, 0.3) is 0 Å². The topological polar surface area (TPSA) is 41.6 Å². The number of rotatable bonds is 5. The van der Waals surface area contributed by atoms with Gasteiger partial charge in [0.2, 0.25) is 5.91 Å². The molecule has 2 fully saturated rings. The summed E-state index contributed by atoms with van der Waals surface area (Å²) < 4.78 is 5.35. The van der Waals surface area contributed by atoms with Gasteiger partial charge in [-0.15, -0.1) is 0 Å². The lowest BCUT2D eigenvalue weighted by Gasteiger charge is -2.31. The van der Waals surface area contributed by atoms with E-state index >= 15 is 0 Å². The molecule has 2 saturated heterocycles. The molecule has 2 heterocycles. The van der Waals surface area contributed by atoms with E-state index in [9.17, 15) is 4.79 Å². The van der Waals surface area contributed by atoms with Gasteiger partial charge in [-0.1, -0.05) is 35.9 Å². The summed E-state index contributed by atoms with van der Waals surface area (Å²) in [6, 6.07) is 8.30. The van der Waals surface area contributed by atoms with Crippen molar-refractivity contribution >= 4 is 23.6 Å². The van der Waals surface area contributed by atoms with E-state index in [0.717, 1.165) is 57.0 Å². The zero-order chi connectivity index (χ0) is 17.5. The van der Waals surface area contributed by atoms with Gasteiger partial charge in [0.15, 0.2) is 0 Å². The van der Waals surface area contributed by atoms with Crippen LogP contribution in [0.15, 0.2) is 30.3 Å². The molecule has 0 aliphatic carbocycles. The fraction of sp³-hybridized carbons (Fsp3) is 0.550. The molecule has 136 valence electrons. The van der Waals surface area contributed by atoms with Gasteiger partial charge in [0.1, 0.15) is 0 Å². The lowest BCUT2D eigenvalue weighted by molar-refractivity contribution is -0.131. The summed E-state index contributed by atoms with van der Waals surface area (Å²) in [7, 11) is 0. The van der Waals surface area contributed by atoms with E-state index in [4.69, 9.17) is 16.3 Å². The van der Waals surface area contributed by atoms with Crippen LogP contribution in [0, 0.1) is 5.92 Å². The summed E-state index contributed by atoms with van der Waals surface area (Å²) >= 11 is 5.91. The Balaban J connectivity index is 1.38. The molecular formula is C20H27ClN2O2. The number of likely N-dealkylation sites (tertiary alicyclic amines) is 1. The van der Waals surface area contributed by atoms with Crippen LogP contribution >= 0.6 is 11.6 Å². The molecule has 1 aromatic rings. The second-order valence-corrected chi connectivity index (χ2v) is 7.33. The maximum atomic E-state index is 12.4. The third kappa shape index (κ3) is 5.84. The average molecular weight is 363 g/mol. The minimum absolute atomic E-state index is 0.228. The van der Waals surface area contributed by atoms with Crippen LogP contribution in [0.5, 0.6) is 0 Å². The summed E-state index contributed by atoms with van der Waals surface area (Å²) in [6.45, 7) is 3.76. The van der Waals surface area contributed by atoms with Gasteiger partial charge < -0.3 is 15.0 Å². The molecule has 25 heavy (non-hydrogen) atoms.